The zero-order chi connectivity index (χ0) is 18.3. The van der Waals surface area contributed by atoms with Gasteiger partial charge in [-0.1, -0.05) is 36.4 Å². The number of benzene rings is 2. The van der Waals surface area contributed by atoms with Crippen molar-refractivity contribution in [3.63, 3.8) is 0 Å². The molecule has 0 aliphatic carbocycles. The molecule has 4 rings (SSSR count). The van der Waals surface area contributed by atoms with Crippen molar-refractivity contribution in [1.82, 2.24) is 4.57 Å². The van der Waals surface area contributed by atoms with E-state index in [1.165, 1.54) is 6.92 Å². The summed E-state index contributed by atoms with van der Waals surface area (Å²) in [5.74, 6) is -0.0383. The van der Waals surface area contributed by atoms with Crippen LogP contribution in [-0.4, -0.2) is 10.4 Å². The first-order chi connectivity index (χ1) is 12.6. The van der Waals surface area contributed by atoms with Crippen LogP contribution in [0.4, 0.5) is 0 Å². The maximum absolute atomic E-state index is 12.6. The van der Waals surface area contributed by atoms with Crippen LogP contribution in [0.5, 0.6) is 0 Å². The van der Waals surface area contributed by atoms with Crippen molar-refractivity contribution < 1.29 is 9.21 Å². The van der Waals surface area contributed by atoms with E-state index in [2.05, 4.69) is 0 Å². The Hall–Kier alpha value is -3.40. The highest BCUT2D eigenvalue weighted by Gasteiger charge is 2.20. The Kier molecular flexibility index (Phi) is 3.81. The SMILES string of the molecule is CC(=O)c1cc(-c2cc3ccccc3oc2=O)n(-c2ccccc2)c1C. The molecular weight excluding hydrogens is 326 g/mol. The van der Waals surface area contributed by atoms with Gasteiger partial charge < -0.3 is 8.98 Å². The minimum absolute atomic E-state index is 0.0383. The Balaban J connectivity index is 2.06. The Morgan fingerprint density at radius 3 is 2.38 bits per heavy atom. The van der Waals surface area contributed by atoms with E-state index in [4.69, 9.17) is 4.42 Å². The number of hydrogen-bond donors (Lipinski definition) is 0. The van der Waals surface area contributed by atoms with Gasteiger partial charge in [-0.2, -0.15) is 0 Å². The van der Waals surface area contributed by atoms with Crippen molar-refractivity contribution in [1.29, 1.82) is 0 Å². The topological polar surface area (TPSA) is 52.2 Å². The van der Waals surface area contributed by atoms with E-state index < -0.39 is 5.63 Å². The highest BCUT2D eigenvalue weighted by Crippen LogP contribution is 2.29. The third-order valence-corrected chi connectivity index (χ3v) is 4.56. The molecule has 128 valence electrons. The average Bonchev–Trinajstić information content (AvgIpc) is 2.99. The number of aromatic nitrogens is 1. The van der Waals surface area contributed by atoms with Crippen LogP contribution in [0.2, 0.25) is 0 Å². The summed E-state index contributed by atoms with van der Waals surface area (Å²) >= 11 is 0. The van der Waals surface area contributed by atoms with Crippen LogP contribution < -0.4 is 5.63 Å². The number of nitrogens with zero attached hydrogens (tertiary/aromatic N) is 1. The van der Waals surface area contributed by atoms with Crippen molar-refractivity contribution in [2.24, 2.45) is 0 Å². The van der Waals surface area contributed by atoms with Gasteiger partial charge in [-0.15, -0.1) is 0 Å². The second-order valence-corrected chi connectivity index (χ2v) is 6.24. The number of Topliss-reactive ketones (excluding diaryl/α,β-unsaturated/α-hetero) is 1. The maximum Gasteiger partial charge on any atom is 0.345 e. The molecule has 0 saturated carbocycles. The van der Waals surface area contributed by atoms with Crippen molar-refractivity contribution in [3.05, 3.63) is 88.4 Å². The van der Waals surface area contributed by atoms with Crippen LogP contribution in [0.25, 0.3) is 27.9 Å². The molecule has 0 amide bonds. The molecule has 0 aliphatic rings. The Morgan fingerprint density at radius 2 is 1.65 bits per heavy atom. The summed E-state index contributed by atoms with van der Waals surface area (Å²) < 4.78 is 7.42. The minimum Gasteiger partial charge on any atom is -0.422 e. The first kappa shape index (κ1) is 16.1. The van der Waals surface area contributed by atoms with Gasteiger partial charge in [0, 0.05) is 22.3 Å². The lowest BCUT2D eigenvalue weighted by Crippen LogP contribution is -2.07. The van der Waals surface area contributed by atoms with Gasteiger partial charge in [-0.3, -0.25) is 4.79 Å². The fourth-order valence-electron chi connectivity index (χ4n) is 3.31. The van der Waals surface area contributed by atoms with Gasteiger partial charge in [-0.25, -0.2) is 4.79 Å². The number of carbonyl (C=O) groups is 1. The molecule has 2 aromatic carbocycles. The normalized spacial score (nSPS) is 11.0. The molecule has 0 spiro atoms. The van der Waals surface area contributed by atoms with Crippen LogP contribution in [0.1, 0.15) is 23.0 Å². The third kappa shape index (κ3) is 2.56. The summed E-state index contributed by atoms with van der Waals surface area (Å²) in [7, 11) is 0. The van der Waals surface area contributed by atoms with Crippen molar-refractivity contribution >= 4 is 16.8 Å². The molecular formula is C22H17NO3. The van der Waals surface area contributed by atoms with Gasteiger partial charge in [-0.05, 0) is 44.2 Å². The Bertz CT molecular complexity index is 1180. The van der Waals surface area contributed by atoms with E-state index >= 15 is 0 Å². The van der Waals surface area contributed by atoms with Crippen LogP contribution in [-0.2, 0) is 0 Å². The van der Waals surface area contributed by atoms with E-state index in [1.54, 1.807) is 12.1 Å². The lowest BCUT2D eigenvalue weighted by molar-refractivity contribution is 0.101. The lowest BCUT2D eigenvalue weighted by atomic mass is 10.1. The molecule has 0 bridgehead atoms. The molecule has 0 fully saturated rings. The Labute approximate surface area is 150 Å². The number of rotatable bonds is 3. The van der Waals surface area contributed by atoms with E-state index in [9.17, 15) is 9.59 Å². The predicted octanol–water partition coefficient (Wildman–Crippen LogP) is 4.76. The molecule has 4 aromatic rings. The van der Waals surface area contributed by atoms with E-state index in [-0.39, 0.29) is 5.78 Å². The lowest BCUT2D eigenvalue weighted by Gasteiger charge is -2.12. The minimum atomic E-state index is -0.423. The zero-order valence-electron chi connectivity index (χ0n) is 14.5. The molecule has 0 unspecified atom stereocenters. The van der Waals surface area contributed by atoms with Crippen LogP contribution in [0.15, 0.2) is 75.9 Å². The molecule has 0 N–H and O–H groups in total. The van der Waals surface area contributed by atoms with Crippen LogP contribution in [0.3, 0.4) is 0 Å². The number of carbonyl (C=O) groups excluding carboxylic acids is 1. The summed E-state index contributed by atoms with van der Waals surface area (Å²) in [4.78, 5) is 24.7. The zero-order valence-corrected chi connectivity index (χ0v) is 14.5. The maximum atomic E-state index is 12.6. The van der Waals surface area contributed by atoms with E-state index in [0.29, 0.717) is 22.4 Å². The van der Waals surface area contributed by atoms with Gasteiger partial charge in [0.1, 0.15) is 5.58 Å². The molecule has 0 radical (unpaired) electrons. The first-order valence-corrected chi connectivity index (χ1v) is 8.38. The summed E-state index contributed by atoms with van der Waals surface area (Å²) in [6.07, 6.45) is 0. The van der Waals surface area contributed by atoms with Crippen molar-refractivity contribution in [2.75, 3.05) is 0 Å². The summed E-state index contributed by atoms with van der Waals surface area (Å²) in [6, 6.07) is 20.7. The number of hydrogen-bond acceptors (Lipinski definition) is 3. The first-order valence-electron chi connectivity index (χ1n) is 8.38. The quantitative estimate of drug-likeness (QED) is 0.398. The highest BCUT2D eigenvalue weighted by molar-refractivity contribution is 5.97. The third-order valence-electron chi connectivity index (χ3n) is 4.56. The summed E-state index contributed by atoms with van der Waals surface area (Å²) in [5.41, 5.74) is 3.49. The van der Waals surface area contributed by atoms with Crippen molar-refractivity contribution in [2.45, 2.75) is 13.8 Å². The molecule has 2 aromatic heterocycles. The second-order valence-electron chi connectivity index (χ2n) is 6.24. The smallest absolute Gasteiger partial charge is 0.345 e. The average molecular weight is 343 g/mol. The van der Waals surface area contributed by atoms with Crippen molar-refractivity contribution in [3.8, 4) is 16.9 Å². The standard InChI is InChI=1S/C22H17NO3/c1-14-18(15(2)24)13-20(23(14)17-9-4-3-5-10-17)19-12-16-8-6-7-11-21(16)26-22(19)25/h3-13H,1-2H3. The van der Waals surface area contributed by atoms with Gasteiger partial charge >= 0.3 is 5.63 Å². The van der Waals surface area contributed by atoms with Crippen LogP contribution in [0, 0.1) is 6.92 Å². The molecule has 4 heteroatoms. The fraction of sp³-hybridized carbons (Fsp3) is 0.0909. The molecule has 4 nitrogen and oxygen atoms in total. The largest absolute Gasteiger partial charge is 0.422 e. The van der Waals surface area contributed by atoms with Gasteiger partial charge in [0.05, 0.1) is 11.3 Å². The number of ketones is 1. The highest BCUT2D eigenvalue weighted by atomic mass is 16.4. The monoisotopic (exact) mass is 343 g/mol. The van der Waals surface area contributed by atoms with E-state index in [1.807, 2.05) is 66.1 Å². The van der Waals surface area contributed by atoms with Gasteiger partial charge in [0.2, 0.25) is 0 Å². The predicted molar refractivity (Wildman–Crippen MR) is 102 cm³/mol. The van der Waals surface area contributed by atoms with Gasteiger partial charge in [0.15, 0.2) is 5.78 Å². The summed E-state index contributed by atoms with van der Waals surface area (Å²) in [5, 5.41) is 0.838. The van der Waals surface area contributed by atoms with Gasteiger partial charge in [0.25, 0.3) is 0 Å². The molecule has 26 heavy (non-hydrogen) atoms. The molecule has 0 atom stereocenters. The number of fused-ring (bicyclic) bond motifs is 1. The molecule has 2 heterocycles. The van der Waals surface area contributed by atoms with E-state index in [0.717, 1.165) is 16.8 Å². The number of para-hydroxylation sites is 2. The summed E-state index contributed by atoms with van der Waals surface area (Å²) in [6.45, 7) is 3.42. The fourth-order valence-corrected chi connectivity index (χ4v) is 3.31. The second kappa shape index (κ2) is 6.15. The molecule has 0 aliphatic heterocycles. The van der Waals surface area contributed by atoms with Crippen LogP contribution >= 0.6 is 0 Å². The molecule has 0 saturated heterocycles. The Morgan fingerprint density at radius 1 is 0.962 bits per heavy atom.